The fraction of sp³-hybridized carbons (Fsp3) is 0.562. The highest BCUT2D eigenvalue weighted by Gasteiger charge is 2.24. The van der Waals surface area contributed by atoms with Crippen molar-refractivity contribution in [1.29, 1.82) is 0 Å². The van der Waals surface area contributed by atoms with Crippen LogP contribution in [0.25, 0.3) is 0 Å². The van der Waals surface area contributed by atoms with E-state index in [0.29, 0.717) is 18.3 Å². The number of hydrogen-bond donors (Lipinski definition) is 0. The van der Waals surface area contributed by atoms with Gasteiger partial charge in [-0.15, -0.1) is 0 Å². The van der Waals surface area contributed by atoms with Crippen molar-refractivity contribution in [2.45, 2.75) is 32.7 Å². The number of aryl methyl sites for hydroxylation is 2. The lowest BCUT2D eigenvalue weighted by Gasteiger charge is -2.33. The van der Waals surface area contributed by atoms with Crippen molar-refractivity contribution in [2.75, 3.05) is 18.0 Å². The molecule has 0 amide bonds. The number of imidazole rings is 1. The molecular formula is C16H23N5O. The van der Waals surface area contributed by atoms with Gasteiger partial charge in [-0.05, 0) is 25.7 Å². The SMILES string of the molecule is CCn1ccnc(N2CCCC(Cc3nccn3C)C2)c1=O. The van der Waals surface area contributed by atoms with Crippen LogP contribution in [0.15, 0.2) is 29.6 Å². The van der Waals surface area contributed by atoms with Crippen LogP contribution >= 0.6 is 0 Å². The minimum atomic E-state index is 0.0163. The number of nitrogens with zero attached hydrogens (tertiary/aromatic N) is 5. The second kappa shape index (κ2) is 6.34. The van der Waals surface area contributed by atoms with Gasteiger partial charge < -0.3 is 14.0 Å². The quantitative estimate of drug-likeness (QED) is 0.858. The Bertz CT molecular complexity index is 690. The lowest BCUT2D eigenvalue weighted by atomic mass is 9.94. The molecule has 0 bridgehead atoms. The molecule has 0 aromatic carbocycles. The smallest absolute Gasteiger partial charge is 0.293 e. The highest BCUT2D eigenvalue weighted by molar-refractivity contribution is 5.36. The molecule has 118 valence electrons. The Kier molecular flexibility index (Phi) is 4.27. The van der Waals surface area contributed by atoms with E-state index in [0.717, 1.165) is 31.8 Å². The van der Waals surface area contributed by atoms with Crippen LogP contribution in [-0.4, -0.2) is 32.2 Å². The zero-order valence-electron chi connectivity index (χ0n) is 13.3. The molecule has 6 nitrogen and oxygen atoms in total. The lowest BCUT2D eigenvalue weighted by molar-refractivity contribution is 0.400. The Balaban J connectivity index is 1.76. The van der Waals surface area contributed by atoms with Gasteiger partial charge in [-0.3, -0.25) is 4.79 Å². The summed E-state index contributed by atoms with van der Waals surface area (Å²) in [5, 5.41) is 0. The monoisotopic (exact) mass is 301 g/mol. The number of hydrogen-bond acceptors (Lipinski definition) is 4. The standard InChI is InChI=1S/C16H23N5O/c1-3-20-10-7-18-15(16(20)22)21-8-4-5-13(12-21)11-14-17-6-9-19(14)2/h6-7,9-10,13H,3-5,8,11-12H2,1-2H3. The number of rotatable bonds is 4. The molecule has 2 aromatic heterocycles. The van der Waals surface area contributed by atoms with Crippen molar-refractivity contribution in [1.82, 2.24) is 19.1 Å². The van der Waals surface area contributed by atoms with E-state index < -0.39 is 0 Å². The molecule has 1 atom stereocenters. The Labute approximate surface area is 130 Å². The molecule has 0 N–H and O–H groups in total. The number of aromatic nitrogens is 4. The van der Waals surface area contributed by atoms with Gasteiger partial charge in [0.2, 0.25) is 0 Å². The Hall–Kier alpha value is -2.11. The Morgan fingerprint density at radius 2 is 2.09 bits per heavy atom. The molecule has 3 rings (SSSR count). The zero-order chi connectivity index (χ0) is 15.5. The van der Waals surface area contributed by atoms with E-state index in [9.17, 15) is 4.79 Å². The average molecular weight is 301 g/mol. The van der Waals surface area contributed by atoms with Gasteiger partial charge >= 0.3 is 0 Å². The topological polar surface area (TPSA) is 56.0 Å². The first-order valence-electron chi connectivity index (χ1n) is 7.95. The maximum atomic E-state index is 12.4. The Morgan fingerprint density at radius 1 is 1.27 bits per heavy atom. The van der Waals surface area contributed by atoms with Gasteiger partial charge in [-0.25, -0.2) is 9.97 Å². The van der Waals surface area contributed by atoms with Gasteiger partial charge in [0.15, 0.2) is 5.82 Å². The first kappa shape index (κ1) is 14.8. The summed E-state index contributed by atoms with van der Waals surface area (Å²) < 4.78 is 3.79. The van der Waals surface area contributed by atoms with Crippen LogP contribution in [0.1, 0.15) is 25.6 Å². The van der Waals surface area contributed by atoms with E-state index in [-0.39, 0.29) is 5.56 Å². The molecule has 1 aliphatic heterocycles. The first-order valence-corrected chi connectivity index (χ1v) is 7.95. The molecule has 1 unspecified atom stereocenters. The first-order chi connectivity index (χ1) is 10.7. The van der Waals surface area contributed by atoms with Gasteiger partial charge in [0.05, 0.1) is 0 Å². The summed E-state index contributed by atoms with van der Waals surface area (Å²) in [5.74, 6) is 2.22. The molecule has 3 heterocycles. The van der Waals surface area contributed by atoms with Crippen molar-refractivity contribution in [3.63, 3.8) is 0 Å². The second-order valence-corrected chi connectivity index (χ2v) is 5.95. The van der Waals surface area contributed by atoms with Crippen LogP contribution in [0.4, 0.5) is 5.82 Å². The molecular weight excluding hydrogens is 278 g/mol. The summed E-state index contributed by atoms with van der Waals surface area (Å²) in [6.45, 7) is 4.44. The van der Waals surface area contributed by atoms with Gasteiger partial charge in [0, 0.05) is 57.9 Å². The molecule has 0 spiro atoms. The van der Waals surface area contributed by atoms with Crippen LogP contribution in [-0.2, 0) is 20.0 Å². The van der Waals surface area contributed by atoms with E-state index in [2.05, 4.69) is 19.4 Å². The van der Waals surface area contributed by atoms with Gasteiger partial charge in [0.25, 0.3) is 5.56 Å². The summed E-state index contributed by atoms with van der Waals surface area (Å²) in [6.07, 6.45) is 10.5. The minimum absolute atomic E-state index is 0.0163. The van der Waals surface area contributed by atoms with Crippen molar-refractivity contribution >= 4 is 5.82 Å². The summed E-state index contributed by atoms with van der Waals surface area (Å²) in [6, 6.07) is 0. The number of piperidine rings is 1. The summed E-state index contributed by atoms with van der Waals surface area (Å²) in [7, 11) is 2.03. The van der Waals surface area contributed by atoms with Crippen LogP contribution in [0.5, 0.6) is 0 Å². The van der Waals surface area contributed by atoms with E-state index in [1.54, 1.807) is 17.0 Å². The van der Waals surface area contributed by atoms with E-state index in [1.165, 1.54) is 6.42 Å². The Morgan fingerprint density at radius 3 is 2.82 bits per heavy atom. The van der Waals surface area contributed by atoms with Crippen molar-refractivity contribution in [3.8, 4) is 0 Å². The third kappa shape index (κ3) is 2.91. The third-order valence-corrected chi connectivity index (χ3v) is 4.45. The van der Waals surface area contributed by atoms with Crippen molar-refractivity contribution in [2.24, 2.45) is 13.0 Å². The average Bonchev–Trinajstić information content (AvgIpc) is 2.93. The van der Waals surface area contributed by atoms with Crippen LogP contribution in [0.2, 0.25) is 0 Å². The second-order valence-electron chi connectivity index (χ2n) is 5.95. The van der Waals surface area contributed by atoms with E-state index in [1.807, 2.05) is 26.4 Å². The molecule has 1 fully saturated rings. The normalized spacial score (nSPS) is 18.6. The molecule has 0 aliphatic carbocycles. The summed E-state index contributed by atoms with van der Waals surface area (Å²) in [5.41, 5.74) is 0.0163. The molecule has 22 heavy (non-hydrogen) atoms. The number of anilines is 1. The van der Waals surface area contributed by atoms with Crippen molar-refractivity contribution < 1.29 is 0 Å². The van der Waals surface area contributed by atoms with Crippen molar-refractivity contribution in [3.05, 3.63) is 41.0 Å². The molecule has 2 aromatic rings. The maximum Gasteiger partial charge on any atom is 0.293 e. The van der Waals surface area contributed by atoms with Crippen LogP contribution in [0, 0.1) is 5.92 Å². The molecule has 1 saturated heterocycles. The summed E-state index contributed by atoms with van der Waals surface area (Å²) in [4.78, 5) is 23.3. The maximum absolute atomic E-state index is 12.4. The van der Waals surface area contributed by atoms with Crippen LogP contribution < -0.4 is 10.5 Å². The fourth-order valence-electron chi connectivity index (χ4n) is 3.18. The largest absolute Gasteiger partial charge is 0.352 e. The predicted molar refractivity (Wildman–Crippen MR) is 86.0 cm³/mol. The fourth-order valence-corrected chi connectivity index (χ4v) is 3.18. The van der Waals surface area contributed by atoms with Crippen LogP contribution in [0.3, 0.4) is 0 Å². The van der Waals surface area contributed by atoms with E-state index >= 15 is 0 Å². The van der Waals surface area contributed by atoms with Gasteiger partial charge in [-0.2, -0.15) is 0 Å². The molecule has 0 saturated carbocycles. The van der Waals surface area contributed by atoms with Gasteiger partial charge in [-0.1, -0.05) is 0 Å². The third-order valence-electron chi connectivity index (χ3n) is 4.45. The molecule has 6 heteroatoms. The lowest BCUT2D eigenvalue weighted by Crippen LogP contribution is -2.41. The highest BCUT2D eigenvalue weighted by Crippen LogP contribution is 2.22. The molecule has 1 aliphatic rings. The predicted octanol–water partition coefficient (Wildman–Crippen LogP) is 1.46. The molecule has 0 radical (unpaired) electrons. The van der Waals surface area contributed by atoms with E-state index in [4.69, 9.17) is 0 Å². The highest BCUT2D eigenvalue weighted by atomic mass is 16.1. The van der Waals surface area contributed by atoms with Gasteiger partial charge in [0.1, 0.15) is 5.82 Å². The zero-order valence-corrected chi connectivity index (χ0v) is 13.3. The summed E-state index contributed by atoms with van der Waals surface area (Å²) >= 11 is 0. The minimum Gasteiger partial charge on any atom is -0.352 e.